The van der Waals surface area contributed by atoms with Gasteiger partial charge >= 0.3 is 0 Å². The van der Waals surface area contributed by atoms with Crippen molar-refractivity contribution in [3.8, 4) is 11.1 Å². The van der Waals surface area contributed by atoms with Gasteiger partial charge in [-0.25, -0.2) is 0 Å². The number of halogens is 3. The summed E-state index contributed by atoms with van der Waals surface area (Å²) < 4.78 is 0. The van der Waals surface area contributed by atoms with Crippen LogP contribution >= 0.6 is 35.6 Å². The van der Waals surface area contributed by atoms with Gasteiger partial charge in [0.05, 0.1) is 16.1 Å². The molecule has 1 atom stereocenters. The Morgan fingerprint density at radius 3 is 2.30 bits per heavy atom. The first-order valence-electron chi connectivity index (χ1n) is 9.04. The Morgan fingerprint density at radius 2 is 1.70 bits per heavy atom. The molecule has 0 aliphatic carbocycles. The summed E-state index contributed by atoms with van der Waals surface area (Å²) >= 11 is 12.1. The van der Waals surface area contributed by atoms with E-state index < -0.39 is 0 Å². The van der Waals surface area contributed by atoms with Gasteiger partial charge < -0.3 is 10.6 Å². The molecule has 2 rings (SSSR count). The van der Waals surface area contributed by atoms with Gasteiger partial charge in [0.25, 0.3) is 0 Å². The number of unbranched alkanes of at least 4 members (excludes halogenated alkanes) is 1. The Labute approximate surface area is 178 Å². The minimum absolute atomic E-state index is 0. The zero-order chi connectivity index (χ0) is 18.9. The number of rotatable bonds is 9. The average Bonchev–Trinajstić information content (AvgIpc) is 2.65. The maximum absolute atomic E-state index is 12.2. The van der Waals surface area contributed by atoms with Gasteiger partial charge in [0.2, 0.25) is 5.91 Å². The number of hydrogen-bond donors (Lipinski definition) is 2. The summed E-state index contributed by atoms with van der Waals surface area (Å²) in [5.74, 6) is 0.0772. The molecular formula is C21H27Cl3N2O. The third kappa shape index (κ3) is 7.34. The molecule has 0 aromatic heterocycles. The molecule has 0 spiro atoms. The SMILES string of the molecule is CCCCC(NC)C(=O)NCCc1ccc(-c2ccc(Cl)c(Cl)c2)cc1.Cl. The first-order chi connectivity index (χ1) is 12.5. The number of amides is 1. The normalized spacial score (nSPS) is 11.6. The minimum atomic E-state index is -0.105. The largest absolute Gasteiger partial charge is 0.354 e. The number of benzene rings is 2. The van der Waals surface area contributed by atoms with Crippen LogP contribution in [-0.4, -0.2) is 25.5 Å². The van der Waals surface area contributed by atoms with Gasteiger partial charge in [-0.15, -0.1) is 12.4 Å². The fraction of sp³-hybridized carbons (Fsp3) is 0.381. The van der Waals surface area contributed by atoms with E-state index in [9.17, 15) is 4.79 Å². The molecule has 0 aliphatic heterocycles. The zero-order valence-corrected chi connectivity index (χ0v) is 18.1. The van der Waals surface area contributed by atoms with E-state index in [1.165, 1.54) is 5.56 Å². The Bertz CT molecular complexity index is 720. The number of carbonyl (C=O) groups excluding carboxylic acids is 1. The van der Waals surface area contributed by atoms with Crippen molar-refractivity contribution in [2.45, 2.75) is 38.6 Å². The second kappa shape index (κ2) is 12.2. The van der Waals surface area contributed by atoms with Gasteiger partial charge in [-0.1, -0.05) is 73.3 Å². The van der Waals surface area contributed by atoms with Crippen LogP contribution in [0.1, 0.15) is 31.7 Å². The van der Waals surface area contributed by atoms with Crippen molar-refractivity contribution in [1.29, 1.82) is 0 Å². The summed E-state index contributed by atoms with van der Waals surface area (Å²) in [6.07, 6.45) is 3.82. The lowest BCUT2D eigenvalue weighted by atomic mass is 10.0. The topological polar surface area (TPSA) is 41.1 Å². The van der Waals surface area contributed by atoms with Crippen molar-refractivity contribution in [3.05, 3.63) is 58.1 Å². The molecule has 3 nitrogen and oxygen atoms in total. The van der Waals surface area contributed by atoms with E-state index >= 15 is 0 Å². The maximum atomic E-state index is 12.2. The van der Waals surface area contributed by atoms with Crippen molar-refractivity contribution >= 4 is 41.5 Å². The third-order valence-electron chi connectivity index (χ3n) is 4.43. The molecule has 0 saturated carbocycles. The predicted molar refractivity (Wildman–Crippen MR) is 118 cm³/mol. The second-order valence-electron chi connectivity index (χ2n) is 6.35. The molecule has 2 N–H and O–H groups in total. The molecule has 0 bridgehead atoms. The molecule has 0 heterocycles. The minimum Gasteiger partial charge on any atom is -0.354 e. The maximum Gasteiger partial charge on any atom is 0.237 e. The van der Waals surface area contributed by atoms with E-state index in [0.29, 0.717) is 16.6 Å². The molecule has 0 radical (unpaired) electrons. The number of nitrogens with one attached hydrogen (secondary N) is 2. The van der Waals surface area contributed by atoms with Crippen LogP contribution in [0, 0.1) is 0 Å². The molecule has 6 heteroatoms. The highest BCUT2D eigenvalue weighted by Gasteiger charge is 2.14. The van der Waals surface area contributed by atoms with E-state index in [2.05, 4.69) is 41.8 Å². The van der Waals surface area contributed by atoms with Gasteiger partial charge in [-0.2, -0.15) is 0 Å². The quantitative estimate of drug-likeness (QED) is 0.551. The molecule has 1 unspecified atom stereocenters. The smallest absolute Gasteiger partial charge is 0.237 e. The summed E-state index contributed by atoms with van der Waals surface area (Å²) in [7, 11) is 1.83. The summed E-state index contributed by atoms with van der Waals surface area (Å²) in [4.78, 5) is 12.2. The Morgan fingerprint density at radius 1 is 1.04 bits per heavy atom. The van der Waals surface area contributed by atoms with E-state index in [4.69, 9.17) is 23.2 Å². The summed E-state index contributed by atoms with van der Waals surface area (Å²) in [6.45, 7) is 2.77. The summed E-state index contributed by atoms with van der Waals surface area (Å²) in [5, 5.41) is 7.22. The van der Waals surface area contributed by atoms with Crippen LogP contribution in [0.5, 0.6) is 0 Å². The highest BCUT2D eigenvalue weighted by atomic mass is 35.5. The van der Waals surface area contributed by atoms with Crippen LogP contribution in [0.4, 0.5) is 0 Å². The number of carbonyl (C=O) groups is 1. The van der Waals surface area contributed by atoms with Crippen LogP contribution in [0.15, 0.2) is 42.5 Å². The van der Waals surface area contributed by atoms with Gasteiger partial charge in [-0.3, -0.25) is 4.79 Å². The molecule has 0 fully saturated rings. The molecule has 1 amide bonds. The standard InChI is InChI=1S/C21H26Cl2N2O.ClH/c1-3-4-5-20(24-2)21(26)25-13-12-15-6-8-16(9-7-15)17-10-11-18(22)19(23)14-17;/h6-11,14,20,24H,3-5,12-13H2,1-2H3,(H,25,26);1H. The fourth-order valence-corrected chi connectivity index (χ4v) is 3.11. The molecular weight excluding hydrogens is 403 g/mol. The van der Waals surface area contributed by atoms with Crippen LogP contribution in [-0.2, 0) is 11.2 Å². The second-order valence-corrected chi connectivity index (χ2v) is 7.16. The molecule has 2 aromatic rings. The van der Waals surface area contributed by atoms with Crippen molar-refractivity contribution in [2.75, 3.05) is 13.6 Å². The highest BCUT2D eigenvalue weighted by molar-refractivity contribution is 6.42. The predicted octanol–water partition coefficient (Wildman–Crippen LogP) is 5.52. The van der Waals surface area contributed by atoms with E-state index in [-0.39, 0.29) is 24.4 Å². The van der Waals surface area contributed by atoms with E-state index in [1.807, 2.05) is 19.2 Å². The van der Waals surface area contributed by atoms with Crippen molar-refractivity contribution in [3.63, 3.8) is 0 Å². The van der Waals surface area contributed by atoms with Crippen LogP contribution in [0.2, 0.25) is 10.0 Å². The summed E-state index contributed by atoms with van der Waals surface area (Å²) in [6, 6.07) is 13.8. The highest BCUT2D eigenvalue weighted by Crippen LogP contribution is 2.28. The van der Waals surface area contributed by atoms with Crippen LogP contribution in [0.25, 0.3) is 11.1 Å². The van der Waals surface area contributed by atoms with Gasteiger partial charge in [0, 0.05) is 6.54 Å². The van der Waals surface area contributed by atoms with E-state index in [1.54, 1.807) is 6.07 Å². The first kappa shape index (κ1) is 23.8. The molecule has 0 saturated heterocycles. The Hall–Kier alpha value is -1.26. The molecule has 2 aromatic carbocycles. The lowest BCUT2D eigenvalue weighted by molar-refractivity contribution is -0.123. The van der Waals surface area contributed by atoms with Gasteiger partial charge in [0.1, 0.15) is 0 Å². The van der Waals surface area contributed by atoms with E-state index in [0.717, 1.165) is 36.8 Å². The molecule has 27 heavy (non-hydrogen) atoms. The van der Waals surface area contributed by atoms with Gasteiger partial charge in [0.15, 0.2) is 0 Å². The lowest BCUT2D eigenvalue weighted by Gasteiger charge is -2.15. The lowest BCUT2D eigenvalue weighted by Crippen LogP contribution is -2.43. The number of likely N-dealkylation sites (N-methyl/N-ethyl adjacent to an activating group) is 1. The van der Waals surface area contributed by atoms with Crippen molar-refractivity contribution < 1.29 is 4.79 Å². The Balaban J connectivity index is 0.00000364. The van der Waals surface area contributed by atoms with Crippen LogP contribution < -0.4 is 10.6 Å². The van der Waals surface area contributed by atoms with Gasteiger partial charge in [-0.05, 0) is 48.7 Å². The molecule has 0 aliphatic rings. The third-order valence-corrected chi connectivity index (χ3v) is 5.17. The summed E-state index contributed by atoms with van der Waals surface area (Å²) in [5.41, 5.74) is 3.31. The zero-order valence-electron chi connectivity index (χ0n) is 15.7. The monoisotopic (exact) mass is 428 g/mol. The molecule has 148 valence electrons. The van der Waals surface area contributed by atoms with Crippen molar-refractivity contribution in [1.82, 2.24) is 10.6 Å². The Kier molecular flexibility index (Phi) is 10.8. The van der Waals surface area contributed by atoms with Crippen molar-refractivity contribution in [2.24, 2.45) is 0 Å². The first-order valence-corrected chi connectivity index (χ1v) is 9.80. The fourth-order valence-electron chi connectivity index (χ4n) is 2.81. The average molecular weight is 430 g/mol. The number of hydrogen-bond acceptors (Lipinski definition) is 2. The van der Waals surface area contributed by atoms with Crippen LogP contribution in [0.3, 0.4) is 0 Å².